The second kappa shape index (κ2) is 16.9. The van der Waals surface area contributed by atoms with Crippen LogP contribution in [0, 0.1) is 15.3 Å². The molecule has 0 bridgehead atoms. The first kappa shape index (κ1) is 22.6. The van der Waals surface area contributed by atoms with Crippen LogP contribution < -0.4 is 10.2 Å². The Bertz CT molecular complexity index is 73.7. The summed E-state index contributed by atoms with van der Waals surface area (Å²) in [5.74, 6) is 0. The molecule has 0 heterocycles. The molecule has 0 N–H and O–H groups in total. The van der Waals surface area contributed by atoms with Crippen LogP contribution in [-0.4, -0.2) is 109 Å². The van der Waals surface area contributed by atoms with Gasteiger partial charge in [-0.2, -0.15) is 0 Å². The van der Waals surface area contributed by atoms with Crippen LogP contribution in [0.15, 0.2) is 0 Å². The molecule has 0 aliphatic heterocycles. The van der Waals surface area contributed by atoms with E-state index in [2.05, 4.69) is 0 Å². The molecule has 0 aromatic heterocycles. The standard InChI is InChI=1S/CH2O3.2Ba.NO3/c2-1(3)4;;;2-1(3)4/h(H2,2,3,4);;;/q;2*+2;-1/p-2. The number of carboxylic acid groups (broad SMARTS) is 2. The number of carbonyl (C=O) groups excluding carboxylic acids is 1. The van der Waals surface area contributed by atoms with E-state index in [9.17, 15) is 0 Å². The maximum Gasteiger partial charge on any atom is 2.00 e. The summed E-state index contributed by atoms with van der Waals surface area (Å²) in [6.45, 7) is 0. The average Bonchev–Trinajstić information content (AvgIpc) is 1.25. The van der Waals surface area contributed by atoms with Crippen LogP contribution in [-0.2, 0) is 0 Å². The molecule has 0 rings (SSSR count). The predicted molar refractivity (Wildman–Crippen MR) is 27.3 cm³/mol. The number of hydrogen-bond acceptors (Lipinski definition) is 6. The van der Waals surface area contributed by atoms with E-state index in [-0.39, 0.29) is 97.8 Å². The van der Waals surface area contributed by atoms with E-state index in [4.69, 9.17) is 30.3 Å². The van der Waals surface area contributed by atoms with Crippen molar-refractivity contribution in [3.63, 3.8) is 0 Å². The molecule has 0 unspecified atom stereocenters. The van der Waals surface area contributed by atoms with Crippen LogP contribution in [0.2, 0.25) is 0 Å². The Hall–Kier alpha value is 1.61. The quantitative estimate of drug-likeness (QED) is 0.238. The van der Waals surface area contributed by atoms with Gasteiger partial charge in [0.15, 0.2) is 0 Å². The van der Waals surface area contributed by atoms with Crippen LogP contribution in [0.3, 0.4) is 0 Å². The van der Waals surface area contributed by atoms with Gasteiger partial charge in [-0.15, -0.1) is 0 Å². The van der Waals surface area contributed by atoms with E-state index in [0.29, 0.717) is 0 Å². The Kier molecular flexibility index (Phi) is 38.2. The van der Waals surface area contributed by atoms with Gasteiger partial charge >= 0.3 is 97.8 Å². The number of carbonyl (C=O) groups is 1. The maximum absolute atomic E-state index is 8.33. The minimum atomic E-state index is -2.33. The predicted octanol–water partition coefficient (Wildman–Crippen LogP) is -3.45. The van der Waals surface area contributed by atoms with Gasteiger partial charge in [0.25, 0.3) is 0 Å². The molecule has 0 radical (unpaired) electrons. The van der Waals surface area contributed by atoms with Crippen LogP contribution in [0.4, 0.5) is 4.79 Å². The summed E-state index contributed by atoms with van der Waals surface area (Å²) < 4.78 is 0. The van der Waals surface area contributed by atoms with E-state index in [1.54, 1.807) is 0 Å². The molecule has 0 saturated heterocycles. The van der Waals surface area contributed by atoms with Gasteiger partial charge in [0, 0.05) is 0 Å². The summed E-state index contributed by atoms with van der Waals surface area (Å²) in [7, 11) is 0. The molecule has 9 heteroatoms. The third-order valence-electron chi connectivity index (χ3n) is 0. The van der Waals surface area contributed by atoms with Gasteiger partial charge in [0.2, 0.25) is 0 Å². The van der Waals surface area contributed by atoms with Gasteiger partial charge < -0.3 is 30.3 Å². The molecule has 7 nitrogen and oxygen atoms in total. The summed E-state index contributed by atoms with van der Waals surface area (Å²) in [4.78, 5) is 16.6. The van der Waals surface area contributed by atoms with Crippen LogP contribution in [0.5, 0.6) is 0 Å². The van der Waals surface area contributed by atoms with Crippen molar-refractivity contribution in [1.82, 2.24) is 0 Å². The summed E-state index contributed by atoms with van der Waals surface area (Å²) >= 11 is 0. The molecule has 0 saturated carbocycles. The Labute approximate surface area is 136 Å². The third-order valence-corrected chi connectivity index (χ3v) is 0. The fourth-order valence-electron chi connectivity index (χ4n) is 0. The molecule has 0 aliphatic rings. The van der Waals surface area contributed by atoms with E-state index in [1.165, 1.54) is 0 Å². The summed E-state index contributed by atoms with van der Waals surface area (Å²) in [5.41, 5.74) is 0. The Balaban J connectivity index is -0.0000000300. The van der Waals surface area contributed by atoms with Crippen molar-refractivity contribution >= 4 is 104 Å². The molecule has 0 aliphatic carbocycles. The van der Waals surface area contributed by atoms with Crippen molar-refractivity contribution in [1.29, 1.82) is 0 Å². The van der Waals surface area contributed by atoms with E-state index >= 15 is 0 Å². The van der Waals surface area contributed by atoms with E-state index in [0.717, 1.165) is 0 Å². The van der Waals surface area contributed by atoms with Gasteiger partial charge in [-0.25, -0.2) is 0 Å². The number of nitrogens with zero attached hydrogens (tertiary/aromatic N) is 1. The summed E-state index contributed by atoms with van der Waals surface area (Å²) in [6.07, 6.45) is -2.33. The molecule has 0 atom stereocenters. The molecule has 0 fully saturated rings. The van der Waals surface area contributed by atoms with Gasteiger partial charge in [-0.3, -0.25) is 0 Å². The first-order valence-electron chi connectivity index (χ1n) is 1.16. The SMILES string of the molecule is O=C([O-])[O-].O=[N+]([O-])[O-].[Ba+2].[Ba+2]. The van der Waals surface area contributed by atoms with Crippen molar-refractivity contribution in [3.05, 3.63) is 15.3 Å². The Morgan fingerprint density at radius 3 is 1.10 bits per heavy atom. The van der Waals surface area contributed by atoms with Crippen molar-refractivity contribution in [2.45, 2.75) is 0 Å². The monoisotopic (exact) mass is 398 g/mol. The van der Waals surface area contributed by atoms with Crippen LogP contribution in [0.25, 0.3) is 0 Å². The van der Waals surface area contributed by atoms with Gasteiger partial charge in [-0.1, -0.05) is 0 Å². The molecular formula is CBa2NO6+. The van der Waals surface area contributed by atoms with Gasteiger partial charge in [0.05, 0.1) is 5.09 Å². The van der Waals surface area contributed by atoms with Crippen molar-refractivity contribution in [3.8, 4) is 0 Å². The first-order valence-corrected chi connectivity index (χ1v) is 1.16. The van der Waals surface area contributed by atoms with Crippen molar-refractivity contribution in [2.75, 3.05) is 0 Å². The average molecular weight is 397 g/mol. The van der Waals surface area contributed by atoms with Gasteiger partial charge in [0.1, 0.15) is 0 Å². The van der Waals surface area contributed by atoms with Crippen LogP contribution >= 0.6 is 0 Å². The molecule has 0 spiro atoms. The van der Waals surface area contributed by atoms with Crippen LogP contribution in [0.1, 0.15) is 0 Å². The second-order valence-electron chi connectivity index (χ2n) is 0.474. The zero-order valence-corrected chi connectivity index (χ0v) is 13.7. The Morgan fingerprint density at radius 2 is 1.10 bits per heavy atom. The molecule has 10 heavy (non-hydrogen) atoms. The fraction of sp³-hybridized carbons (Fsp3) is 0. The fourth-order valence-corrected chi connectivity index (χ4v) is 0. The molecular weight excluding hydrogens is 397 g/mol. The zero-order valence-electron chi connectivity index (χ0n) is 4.81. The van der Waals surface area contributed by atoms with E-state index < -0.39 is 11.2 Å². The molecule has 48 valence electrons. The topological polar surface area (TPSA) is 129 Å². The minimum Gasteiger partial charge on any atom is -0.652 e. The normalized spacial score (nSPS) is 4.80. The van der Waals surface area contributed by atoms with Crippen molar-refractivity contribution in [2.24, 2.45) is 0 Å². The third kappa shape index (κ3) is 274. The minimum absolute atomic E-state index is 0. The molecule has 0 aromatic carbocycles. The number of hydrogen-bond donors (Lipinski definition) is 0. The first-order chi connectivity index (χ1) is 3.46. The number of rotatable bonds is 0. The second-order valence-corrected chi connectivity index (χ2v) is 0.474. The molecule has 0 amide bonds. The molecule has 0 aromatic rings. The summed E-state index contributed by atoms with van der Waals surface area (Å²) in [5, 5.41) is 31.4. The Morgan fingerprint density at radius 1 is 1.10 bits per heavy atom. The van der Waals surface area contributed by atoms with Gasteiger partial charge in [-0.05, 0) is 6.16 Å². The van der Waals surface area contributed by atoms with Crippen molar-refractivity contribution < 1.29 is 20.1 Å². The zero-order chi connectivity index (χ0) is 7.15. The van der Waals surface area contributed by atoms with E-state index in [1.807, 2.05) is 0 Å². The largest absolute Gasteiger partial charge is 2.00 e. The maximum atomic E-state index is 8.33. The summed E-state index contributed by atoms with van der Waals surface area (Å²) in [6, 6.07) is 0. The smallest absolute Gasteiger partial charge is 0.652 e.